The van der Waals surface area contributed by atoms with E-state index in [0.717, 1.165) is 9.82 Å². The molecule has 1 N–H and O–H groups in total. The molecular weight excluding hydrogens is 436 g/mol. The van der Waals surface area contributed by atoms with Gasteiger partial charge in [-0.2, -0.15) is 0 Å². The molecule has 10 nitrogen and oxygen atoms in total. The summed E-state index contributed by atoms with van der Waals surface area (Å²) in [7, 11) is -0.427. The van der Waals surface area contributed by atoms with Crippen molar-refractivity contribution in [3.8, 4) is 11.5 Å². The summed E-state index contributed by atoms with van der Waals surface area (Å²) in [5.74, 6) is 0.269. The van der Waals surface area contributed by atoms with Crippen molar-refractivity contribution in [2.45, 2.75) is 6.92 Å². The molecule has 2 aromatic carbocycles. The number of ether oxygens (including phenoxy) is 2. The van der Waals surface area contributed by atoms with Gasteiger partial charge in [-0.1, -0.05) is 0 Å². The standard InChI is InChI=1S/C21H24N4O6S/c1-4-32(28,29)25(15-6-8-18-19(12-15)31-10-9-30-18)13-20(26)22-14-5-7-16-17(11-14)24(3)21(27)23(16)2/h5-8,11-12H,4,9-10,13H2,1-3H3,(H,22,26). The third-order valence-electron chi connectivity index (χ3n) is 5.36. The molecule has 0 saturated carbocycles. The highest BCUT2D eigenvalue weighted by Crippen LogP contribution is 2.34. The normalized spacial score (nSPS) is 13.2. The third kappa shape index (κ3) is 3.91. The molecule has 2 heterocycles. The van der Waals surface area contributed by atoms with Crippen LogP contribution < -0.4 is 24.8 Å². The molecule has 0 bridgehead atoms. The van der Waals surface area contributed by atoms with Gasteiger partial charge in [0.05, 0.1) is 22.5 Å². The second kappa shape index (κ2) is 8.23. The predicted octanol–water partition coefficient (Wildman–Crippen LogP) is 1.44. The van der Waals surface area contributed by atoms with Gasteiger partial charge in [-0.25, -0.2) is 13.2 Å². The number of hydrogen-bond acceptors (Lipinski definition) is 6. The number of carbonyl (C=O) groups excluding carboxylic acids is 1. The quantitative estimate of drug-likeness (QED) is 0.596. The van der Waals surface area contributed by atoms with Crippen LogP contribution in [0.1, 0.15) is 6.92 Å². The average Bonchev–Trinajstić information content (AvgIpc) is 3.00. The molecule has 32 heavy (non-hydrogen) atoms. The summed E-state index contributed by atoms with van der Waals surface area (Å²) in [6.07, 6.45) is 0. The number of carbonyl (C=O) groups is 1. The van der Waals surface area contributed by atoms with E-state index >= 15 is 0 Å². The number of nitrogens with zero attached hydrogens (tertiary/aromatic N) is 3. The third-order valence-corrected chi connectivity index (χ3v) is 7.10. The van der Waals surface area contributed by atoms with Crippen LogP contribution in [0.4, 0.5) is 11.4 Å². The SMILES string of the molecule is CCS(=O)(=O)N(CC(=O)Nc1ccc2c(c1)n(C)c(=O)n2C)c1ccc2c(c1)OCCO2. The fourth-order valence-electron chi connectivity index (χ4n) is 3.61. The average molecular weight is 461 g/mol. The molecule has 0 fully saturated rings. The summed E-state index contributed by atoms with van der Waals surface area (Å²) in [4.78, 5) is 24.9. The van der Waals surface area contributed by atoms with Gasteiger partial charge >= 0.3 is 5.69 Å². The summed E-state index contributed by atoms with van der Waals surface area (Å²) < 4.78 is 40.6. The molecule has 1 aliphatic rings. The molecule has 170 valence electrons. The number of rotatable bonds is 6. The smallest absolute Gasteiger partial charge is 0.328 e. The topological polar surface area (TPSA) is 112 Å². The number of aromatic nitrogens is 2. The predicted molar refractivity (Wildman–Crippen MR) is 121 cm³/mol. The maximum Gasteiger partial charge on any atom is 0.328 e. The molecule has 3 aromatic rings. The van der Waals surface area contributed by atoms with Crippen LogP contribution in [0.15, 0.2) is 41.2 Å². The first-order chi connectivity index (χ1) is 15.2. The van der Waals surface area contributed by atoms with Gasteiger partial charge in [-0.3, -0.25) is 18.2 Å². The molecule has 4 rings (SSSR count). The highest BCUT2D eigenvalue weighted by atomic mass is 32.2. The maximum atomic E-state index is 12.8. The molecule has 1 amide bonds. The van der Waals surface area contributed by atoms with Crippen LogP contribution in [0.5, 0.6) is 11.5 Å². The second-order valence-electron chi connectivity index (χ2n) is 7.39. The van der Waals surface area contributed by atoms with E-state index in [1.807, 2.05) is 0 Å². The van der Waals surface area contributed by atoms with Crippen molar-refractivity contribution >= 4 is 38.3 Å². The van der Waals surface area contributed by atoms with E-state index in [2.05, 4.69) is 5.32 Å². The van der Waals surface area contributed by atoms with Crippen molar-refractivity contribution < 1.29 is 22.7 Å². The lowest BCUT2D eigenvalue weighted by atomic mass is 10.2. The number of anilines is 2. The first kappa shape index (κ1) is 21.8. The molecule has 0 aliphatic carbocycles. The van der Waals surface area contributed by atoms with E-state index in [9.17, 15) is 18.0 Å². The lowest BCUT2D eigenvalue weighted by Crippen LogP contribution is -2.39. The second-order valence-corrected chi connectivity index (χ2v) is 9.57. The monoisotopic (exact) mass is 460 g/mol. The minimum Gasteiger partial charge on any atom is -0.486 e. The number of aryl methyl sites for hydroxylation is 2. The lowest BCUT2D eigenvalue weighted by molar-refractivity contribution is -0.114. The summed E-state index contributed by atoms with van der Waals surface area (Å²) in [5, 5.41) is 2.72. The van der Waals surface area contributed by atoms with Crippen LogP contribution in [-0.4, -0.2) is 49.0 Å². The summed E-state index contributed by atoms with van der Waals surface area (Å²) >= 11 is 0. The zero-order valence-electron chi connectivity index (χ0n) is 18.0. The Hall–Kier alpha value is -3.47. The summed E-state index contributed by atoms with van der Waals surface area (Å²) in [6.45, 7) is 1.88. The van der Waals surface area contributed by atoms with Gasteiger partial charge in [0.2, 0.25) is 15.9 Å². The Morgan fingerprint density at radius 2 is 1.72 bits per heavy atom. The van der Waals surface area contributed by atoms with E-state index in [0.29, 0.717) is 41.6 Å². The van der Waals surface area contributed by atoms with Crippen molar-refractivity contribution in [3.63, 3.8) is 0 Å². The molecular formula is C21H24N4O6S. The van der Waals surface area contributed by atoms with Crippen LogP contribution in [0.25, 0.3) is 11.0 Å². The largest absolute Gasteiger partial charge is 0.486 e. The van der Waals surface area contributed by atoms with Gasteiger partial charge in [-0.05, 0) is 37.3 Å². The Kier molecular flexibility index (Phi) is 5.59. The fourth-order valence-corrected chi connectivity index (χ4v) is 4.67. The highest BCUT2D eigenvalue weighted by molar-refractivity contribution is 7.92. The zero-order chi connectivity index (χ0) is 23.0. The Morgan fingerprint density at radius 3 is 2.44 bits per heavy atom. The Balaban J connectivity index is 1.60. The number of benzene rings is 2. The van der Waals surface area contributed by atoms with Gasteiger partial charge in [0.1, 0.15) is 19.8 Å². The minimum atomic E-state index is -3.74. The van der Waals surface area contributed by atoms with E-state index in [4.69, 9.17) is 9.47 Å². The summed E-state index contributed by atoms with van der Waals surface area (Å²) in [5.41, 5.74) is 1.97. The van der Waals surface area contributed by atoms with E-state index in [1.165, 1.54) is 16.1 Å². The maximum absolute atomic E-state index is 12.8. The van der Waals surface area contributed by atoms with Crippen LogP contribution in [0, 0.1) is 0 Å². The first-order valence-corrected chi connectivity index (χ1v) is 11.7. The molecule has 0 unspecified atom stereocenters. The fraction of sp³-hybridized carbons (Fsp3) is 0.333. The molecule has 0 saturated heterocycles. The molecule has 1 aromatic heterocycles. The number of amides is 1. The Bertz CT molecular complexity index is 1360. The van der Waals surface area contributed by atoms with Gasteiger partial charge in [0.25, 0.3) is 0 Å². The number of nitrogens with one attached hydrogen (secondary N) is 1. The molecule has 11 heteroatoms. The van der Waals surface area contributed by atoms with Crippen molar-refractivity contribution in [3.05, 3.63) is 46.9 Å². The van der Waals surface area contributed by atoms with Crippen molar-refractivity contribution in [1.82, 2.24) is 9.13 Å². The number of hydrogen-bond donors (Lipinski definition) is 1. The lowest BCUT2D eigenvalue weighted by Gasteiger charge is -2.25. The number of imidazole rings is 1. The molecule has 0 radical (unpaired) electrons. The van der Waals surface area contributed by atoms with Gasteiger partial charge in [-0.15, -0.1) is 0 Å². The van der Waals surface area contributed by atoms with E-state index < -0.39 is 22.5 Å². The Morgan fingerprint density at radius 1 is 1.03 bits per heavy atom. The Labute approximate surface area is 185 Å². The van der Waals surface area contributed by atoms with E-state index in [1.54, 1.807) is 50.5 Å². The van der Waals surface area contributed by atoms with Gasteiger partial charge in [0, 0.05) is 25.8 Å². The molecule has 1 aliphatic heterocycles. The number of sulfonamides is 1. The van der Waals surface area contributed by atoms with E-state index in [-0.39, 0.29) is 11.4 Å². The van der Waals surface area contributed by atoms with Crippen molar-refractivity contribution in [2.75, 3.05) is 35.1 Å². The van der Waals surface area contributed by atoms with Crippen LogP contribution in [-0.2, 0) is 28.9 Å². The van der Waals surface area contributed by atoms with Crippen molar-refractivity contribution in [1.29, 1.82) is 0 Å². The van der Waals surface area contributed by atoms with Crippen LogP contribution >= 0.6 is 0 Å². The molecule has 0 atom stereocenters. The van der Waals surface area contributed by atoms with Crippen molar-refractivity contribution in [2.24, 2.45) is 14.1 Å². The first-order valence-electron chi connectivity index (χ1n) is 10.1. The highest BCUT2D eigenvalue weighted by Gasteiger charge is 2.25. The summed E-state index contributed by atoms with van der Waals surface area (Å²) in [6, 6.07) is 9.85. The minimum absolute atomic E-state index is 0.174. The molecule has 0 spiro atoms. The zero-order valence-corrected chi connectivity index (χ0v) is 18.8. The van der Waals surface area contributed by atoms with Gasteiger partial charge in [0.15, 0.2) is 11.5 Å². The number of fused-ring (bicyclic) bond motifs is 2. The van der Waals surface area contributed by atoms with Gasteiger partial charge < -0.3 is 14.8 Å². The van der Waals surface area contributed by atoms with Crippen LogP contribution in [0.2, 0.25) is 0 Å². The van der Waals surface area contributed by atoms with Crippen LogP contribution in [0.3, 0.4) is 0 Å².